The Hall–Kier alpha value is -0.860. The molecule has 4 N–H and O–H groups in total. The average Bonchev–Trinajstić information content (AvgIpc) is 3.59. The number of hydrogen-bond donors (Lipinski definition) is 2. The normalized spacial score (nSPS) is 54.0. The van der Waals surface area contributed by atoms with E-state index in [0.717, 1.165) is 29.6 Å². The molecule has 168 valence electrons. The zero-order valence-electron chi connectivity index (χ0n) is 19.5. The Bertz CT molecular complexity index is 870. The van der Waals surface area contributed by atoms with Crippen LogP contribution in [0, 0.1) is 46.3 Å². The van der Waals surface area contributed by atoms with E-state index in [4.69, 9.17) is 11.5 Å². The lowest BCUT2D eigenvalue weighted by Crippen LogP contribution is -2.58. The van der Waals surface area contributed by atoms with Crippen LogP contribution >= 0.6 is 0 Å². The molecule has 7 rings (SSSR count). The number of rotatable bonds is 2. The van der Waals surface area contributed by atoms with Gasteiger partial charge in [0.15, 0.2) is 0 Å². The van der Waals surface area contributed by atoms with E-state index in [9.17, 15) is 0 Å². The topological polar surface area (TPSA) is 52.0 Å². The van der Waals surface area contributed by atoms with E-state index in [1.54, 1.807) is 0 Å². The van der Waals surface area contributed by atoms with Crippen LogP contribution in [0.15, 0.2) is 30.3 Å². The SMILES string of the molecule is C[C@]1(N)C2CC(C3CCC4(C3)C3CC[C@H](C3)[C@]4(N)c3ccccc3)C(C2)C12CCCC2. The molecule has 0 amide bonds. The zero-order valence-corrected chi connectivity index (χ0v) is 19.5. The van der Waals surface area contributed by atoms with Crippen molar-refractivity contribution in [2.45, 2.75) is 95.1 Å². The monoisotopic (exact) mass is 418 g/mol. The summed E-state index contributed by atoms with van der Waals surface area (Å²) < 4.78 is 0. The molecule has 1 aromatic carbocycles. The maximum absolute atomic E-state index is 7.58. The lowest BCUT2D eigenvalue weighted by atomic mass is 9.54. The highest BCUT2D eigenvalue weighted by atomic mass is 14.9. The van der Waals surface area contributed by atoms with Crippen LogP contribution in [0.5, 0.6) is 0 Å². The first-order valence-corrected chi connectivity index (χ1v) is 13.6. The number of benzene rings is 1. The van der Waals surface area contributed by atoms with Crippen molar-refractivity contribution in [2.75, 3.05) is 0 Å². The van der Waals surface area contributed by atoms with Gasteiger partial charge in [-0.15, -0.1) is 0 Å². The Morgan fingerprint density at radius 1 is 0.774 bits per heavy atom. The molecule has 6 fully saturated rings. The van der Waals surface area contributed by atoms with Crippen molar-refractivity contribution in [3.8, 4) is 0 Å². The predicted molar refractivity (Wildman–Crippen MR) is 126 cm³/mol. The van der Waals surface area contributed by atoms with Crippen LogP contribution < -0.4 is 11.5 Å². The van der Waals surface area contributed by atoms with Crippen molar-refractivity contribution in [3.05, 3.63) is 35.9 Å². The van der Waals surface area contributed by atoms with Gasteiger partial charge in [-0.25, -0.2) is 0 Å². The molecule has 0 aromatic heterocycles. The number of nitrogens with two attached hydrogens (primary N) is 2. The van der Waals surface area contributed by atoms with E-state index in [-0.39, 0.29) is 11.1 Å². The molecule has 31 heavy (non-hydrogen) atoms. The van der Waals surface area contributed by atoms with Crippen LogP contribution in [0.2, 0.25) is 0 Å². The Morgan fingerprint density at radius 3 is 2.26 bits per heavy atom. The zero-order chi connectivity index (χ0) is 21.1. The maximum Gasteiger partial charge on any atom is 0.0498 e. The summed E-state index contributed by atoms with van der Waals surface area (Å²) in [5, 5.41) is 0. The summed E-state index contributed by atoms with van der Waals surface area (Å²) in [5.41, 5.74) is 17.0. The first-order chi connectivity index (χ1) is 14.9. The van der Waals surface area contributed by atoms with Crippen LogP contribution in [0.3, 0.4) is 0 Å². The molecule has 1 aromatic rings. The largest absolute Gasteiger partial charge is 0.325 e. The van der Waals surface area contributed by atoms with Gasteiger partial charge in [0.25, 0.3) is 0 Å². The average molecular weight is 419 g/mol. The molecule has 0 radical (unpaired) electrons. The van der Waals surface area contributed by atoms with Gasteiger partial charge < -0.3 is 11.5 Å². The molecule has 4 bridgehead atoms. The molecule has 2 spiro atoms. The fourth-order valence-electron chi connectivity index (χ4n) is 11.5. The highest BCUT2D eigenvalue weighted by Gasteiger charge is 2.71. The molecule has 0 saturated heterocycles. The van der Waals surface area contributed by atoms with Gasteiger partial charge in [0.2, 0.25) is 0 Å². The predicted octanol–water partition coefficient (Wildman–Crippen LogP) is 5.99. The molecule has 2 heteroatoms. The standard InChI is InChI=1S/C29H42N2/c1-26(30)23-16-24(25(17-23)27(26)12-5-6-13-27)19-11-14-28(18-19)21-9-10-22(15-21)29(28,31)20-7-3-2-4-8-20/h2-4,7-8,19,21-25H,5-6,9-18,30-31H2,1H3/t19?,21?,22-,23?,24?,25?,26+,28?,29-/m1/s1. The number of fused-ring (bicyclic) bond motifs is 6. The van der Waals surface area contributed by atoms with Gasteiger partial charge in [0.05, 0.1) is 0 Å². The fraction of sp³-hybridized carbons (Fsp3) is 0.793. The molecule has 6 aliphatic rings. The second kappa shape index (κ2) is 6.17. The van der Waals surface area contributed by atoms with E-state index in [2.05, 4.69) is 37.3 Å². The quantitative estimate of drug-likeness (QED) is 0.620. The van der Waals surface area contributed by atoms with Crippen molar-refractivity contribution in [3.63, 3.8) is 0 Å². The van der Waals surface area contributed by atoms with Crippen molar-refractivity contribution < 1.29 is 0 Å². The van der Waals surface area contributed by atoms with Gasteiger partial charge >= 0.3 is 0 Å². The summed E-state index contributed by atoms with van der Waals surface area (Å²) in [6.07, 6.45) is 16.9. The van der Waals surface area contributed by atoms with Gasteiger partial charge in [-0.2, -0.15) is 0 Å². The lowest BCUT2D eigenvalue weighted by Gasteiger charge is -2.53. The van der Waals surface area contributed by atoms with Crippen molar-refractivity contribution in [2.24, 2.45) is 57.8 Å². The molecule has 0 heterocycles. The maximum atomic E-state index is 7.58. The summed E-state index contributed by atoms with van der Waals surface area (Å²) in [5.74, 6) is 5.07. The van der Waals surface area contributed by atoms with Crippen LogP contribution in [-0.2, 0) is 5.54 Å². The van der Waals surface area contributed by atoms with Gasteiger partial charge in [-0.3, -0.25) is 0 Å². The van der Waals surface area contributed by atoms with Crippen LogP contribution in [-0.4, -0.2) is 5.54 Å². The van der Waals surface area contributed by atoms with E-state index < -0.39 is 0 Å². The Morgan fingerprint density at radius 2 is 1.52 bits per heavy atom. The fourth-order valence-corrected chi connectivity index (χ4v) is 11.5. The Labute approximate surface area is 188 Å². The minimum absolute atomic E-state index is 0.0863. The molecule has 9 atom stereocenters. The second-order valence-corrected chi connectivity index (χ2v) is 13.2. The van der Waals surface area contributed by atoms with E-state index in [0.29, 0.717) is 16.7 Å². The summed E-state index contributed by atoms with van der Waals surface area (Å²) in [6, 6.07) is 11.3. The first kappa shape index (κ1) is 19.6. The van der Waals surface area contributed by atoms with Gasteiger partial charge in [-0.1, -0.05) is 43.2 Å². The Balaban J connectivity index is 1.22. The summed E-state index contributed by atoms with van der Waals surface area (Å²) in [6.45, 7) is 2.44. The van der Waals surface area contributed by atoms with Crippen LogP contribution in [0.4, 0.5) is 0 Å². The lowest BCUT2D eigenvalue weighted by molar-refractivity contribution is -0.00140. The molecule has 2 nitrogen and oxygen atoms in total. The van der Waals surface area contributed by atoms with E-state index >= 15 is 0 Å². The minimum Gasteiger partial charge on any atom is -0.325 e. The van der Waals surface area contributed by atoms with Crippen molar-refractivity contribution in [1.82, 2.24) is 0 Å². The highest BCUT2D eigenvalue weighted by Crippen LogP contribution is 2.75. The third kappa shape index (κ3) is 2.14. The van der Waals surface area contributed by atoms with Crippen LogP contribution in [0.1, 0.15) is 89.5 Å². The van der Waals surface area contributed by atoms with Crippen molar-refractivity contribution >= 4 is 0 Å². The molecular weight excluding hydrogens is 376 g/mol. The van der Waals surface area contributed by atoms with E-state index in [1.165, 1.54) is 82.6 Å². The highest BCUT2D eigenvalue weighted by molar-refractivity contribution is 5.34. The van der Waals surface area contributed by atoms with E-state index in [1.807, 2.05) is 0 Å². The second-order valence-electron chi connectivity index (χ2n) is 13.2. The minimum atomic E-state index is -0.0863. The molecule has 6 saturated carbocycles. The third-order valence-corrected chi connectivity index (χ3v) is 12.9. The summed E-state index contributed by atoms with van der Waals surface area (Å²) in [4.78, 5) is 0. The van der Waals surface area contributed by atoms with Crippen LogP contribution in [0.25, 0.3) is 0 Å². The Kier molecular flexibility index (Phi) is 3.90. The summed E-state index contributed by atoms with van der Waals surface area (Å²) >= 11 is 0. The molecule has 6 unspecified atom stereocenters. The van der Waals surface area contributed by atoms with Gasteiger partial charge in [-0.05, 0) is 123 Å². The van der Waals surface area contributed by atoms with Crippen molar-refractivity contribution in [1.29, 1.82) is 0 Å². The molecule has 6 aliphatic carbocycles. The first-order valence-electron chi connectivity index (χ1n) is 13.6. The smallest absolute Gasteiger partial charge is 0.0498 e. The van der Waals surface area contributed by atoms with Gasteiger partial charge in [0, 0.05) is 11.1 Å². The van der Waals surface area contributed by atoms with Gasteiger partial charge in [0.1, 0.15) is 0 Å². The third-order valence-electron chi connectivity index (χ3n) is 12.9. The molecular formula is C29H42N2. The molecule has 0 aliphatic heterocycles. The summed E-state index contributed by atoms with van der Waals surface area (Å²) in [7, 11) is 0. The number of hydrogen-bond acceptors (Lipinski definition) is 2.